The Morgan fingerprint density at radius 3 is 2.58 bits per heavy atom. The van der Waals surface area contributed by atoms with Gasteiger partial charge in [0, 0.05) is 5.92 Å². The molecule has 19 heavy (non-hydrogen) atoms. The lowest BCUT2D eigenvalue weighted by atomic mass is 10.0. The lowest BCUT2D eigenvalue weighted by Gasteiger charge is -2.04. The van der Waals surface area contributed by atoms with E-state index in [9.17, 15) is 4.79 Å². The average molecular weight is 263 g/mol. The molecule has 2 saturated carbocycles. The normalized spacial score (nSPS) is 28.8. The molecule has 0 spiro atoms. The molecule has 2 fully saturated rings. The standard InChI is InChI=1S/C15H21NO3/c1-3-11-13(15(17)18-4-2)19-14(16-11)12-9-7-5-6-8-10(9)12/h9-10,12H,3-8H2,1-2H3. The van der Waals surface area contributed by atoms with Crippen LogP contribution >= 0.6 is 0 Å². The fourth-order valence-electron chi connectivity index (χ4n) is 3.47. The number of fused-ring (bicyclic) bond motifs is 1. The van der Waals surface area contributed by atoms with Gasteiger partial charge >= 0.3 is 5.97 Å². The third kappa shape index (κ3) is 2.17. The third-order valence-electron chi connectivity index (χ3n) is 4.45. The van der Waals surface area contributed by atoms with Crippen molar-refractivity contribution in [2.75, 3.05) is 6.61 Å². The third-order valence-corrected chi connectivity index (χ3v) is 4.45. The Bertz CT molecular complexity index is 468. The second kappa shape index (κ2) is 4.99. The highest BCUT2D eigenvalue weighted by molar-refractivity contribution is 5.87. The summed E-state index contributed by atoms with van der Waals surface area (Å²) in [6, 6.07) is 0. The summed E-state index contributed by atoms with van der Waals surface area (Å²) >= 11 is 0. The number of aromatic nitrogens is 1. The van der Waals surface area contributed by atoms with Gasteiger partial charge in [-0.3, -0.25) is 0 Å². The number of hydrogen-bond donors (Lipinski definition) is 0. The molecule has 1 aromatic rings. The fourth-order valence-corrected chi connectivity index (χ4v) is 3.47. The number of nitrogens with zero attached hydrogens (tertiary/aromatic N) is 1. The lowest BCUT2D eigenvalue weighted by Crippen LogP contribution is -2.05. The van der Waals surface area contributed by atoms with Crippen LogP contribution in [0.15, 0.2) is 4.42 Å². The van der Waals surface area contributed by atoms with Crippen LogP contribution in [0.2, 0.25) is 0 Å². The molecule has 4 nitrogen and oxygen atoms in total. The molecule has 2 aliphatic rings. The molecule has 0 amide bonds. The van der Waals surface area contributed by atoms with Gasteiger partial charge in [0.2, 0.25) is 5.76 Å². The number of oxazole rings is 1. The van der Waals surface area contributed by atoms with Crippen LogP contribution in [0.5, 0.6) is 0 Å². The first-order valence-electron chi connectivity index (χ1n) is 7.43. The minimum atomic E-state index is -0.373. The van der Waals surface area contributed by atoms with Gasteiger partial charge < -0.3 is 9.15 Å². The fraction of sp³-hybridized carbons (Fsp3) is 0.733. The van der Waals surface area contributed by atoms with Crippen LogP contribution < -0.4 is 0 Å². The quantitative estimate of drug-likeness (QED) is 0.782. The van der Waals surface area contributed by atoms with E-state index in [0.717, 1.165) is 23.4 Å². The van der Waals surface area contributed by atoms with Crippen LogP contribution in [0.25, 0.3) is 0 Å². The van der Waals surface area contributed by atoms with Crippen LogP contribution in [0, 0.1) is 11.8 Å². The number of carbonyl (C=O) groups excluding carboxylic acids is 1. The van der Waals surface area contributed by atoms with Crippen molar-refractivity contribution < 1.29 is 13.9 Å². The molecule has 0 saturated heterocycles. The molecular weight excluding hydrogens is 242 g/mol. The number of hydrogen-bond acceptors (Lipinski definition) is 4. The first kappa shape index (κ1) is 12.7. The maximum Gasteiger partial charge on any atom is 0.376 e. The highest BCUT2D eigenvalue weighted by Gasteiger charge is 2.54. The van der Waals surface area contributed by atoms with E-state index in [0.29, 0.717) is 24.7 Å². The predicted octanol–water partition coefficient (Wildman–Crippen LogP) is 3.32. The van der Waals surface area contributed by atoms with Crippen molar-refractivity contribution in [3.63, 3.8) is 0 Å². The SMILES string of the molecule is CCOC(=O)c1oc(C2C3CCCCC32)nc1CC. The van der Waals surface area contributed by atoms with Gasteiger partial charge in [-0.05, 0) is 38.0 Å². The summed E-state index contributed by atoms with van der Waals surface area (Å²) in [6.07, 6.45) is 5.93. The van der Waals surface area contributed by atoms with E-state index in [4.69, 9.17) is 9.15 Å². The van der Waals surface area contributed by atoms with E-state index in [2.05, 4.69) is 4.98 Å². The maximum atomic E-state index is 11.8. The van der Waals surface area contributed by atoms with Crippen LogP contribution in [0.4, 0.5) is 0 Å². The second-order valence-corrected chi connectivity index (χ2v) is 5.54. The van der Waals surface area contributed by atoms with Crippen LogP contribution in [-0.4, -0.2) is 17.6 Å². The number of rotatable bonds is 4. The van der Waals surface area contributed by atoms with Gasteiger partial charge in [0.05, 0.1) is 12.3 Å². The smallest absolute Gasteiger partial charge is 0.376 e. The Kier molecular flexibility index (Phi) is 3.33. The van der Waals surface area contributed by atoms with Crippen LogP contribution in [-0.2, 0) is 11.2 Å². The van der Waals surface area contributed by atoms with E-state index in [1.54, 1.807) is 6.92 Å². The Labute approximate surface area is 113 Å². The van der Waals surface area contributed by atoms with Crippen molar-refractivity contribution in [3.05, 3.63) is 17.3 Å². The van der Waals surface area contributed by atoms with E-state index in [1.807, 2.05) is 6.92 Å². The minimum Gasteiger partial charge on any atom is -0.460 e. The van der Waals surface area contributed by atoms with Crippen LogP contribution in [0.3, 0.4) is 0 Å². The molecule has 4 heteroatoms. The zero-order chi connectivity index (χ0) is 13.4. The molecule has 2 aliphatic carbocycles. The Balaban J connectivity index is 1.82. The predicted molar refractivity (Wildman–Crippen MR) is 70.0 cm³/mol. The molecule has 0 aliphatic heterocycles. The molecule has 0 aromatic carbocycles. The van der Waals surface area contributed by atoms with Gasteiger partial charge in [0.15, 0.2) is 5.89 Å². The molecule has 1 aromatic heterocycles. The van der Waals surface area contributed by atoms with E-state index in [1.165, 1.54) is 25.7 Å². The Morgan fingerprint density at radius 2 is 2.00 bits per heavy atom. The Morgan fingerprint density at radius 1 is 1.32 bits per heavy atom. The molecule has 0 radical (unpaired) electrons. The largest absolute Gasteiger partial charge is 0.460 e. The first-order chi connectivity index (χ1) is 9.26. The average Bonchev–Trinajstić information content (AvgIpc) is 3.00. The van der Waals surface area contributed by atoms with Crippen molar-refractivity contribution in [2.45, 2.75) is 51.9 Å². The molecule has 2 unspecified atom stereocenters. The summed E-state index contributed by atoms with van der Waals surface area (Å²) in [6.45, 7) is 4.16. The van der Waals surface area contributed by atoms with Gasteiger partial charge in [-0.15, -0.1) is 0 Å². The van der Waals surface area contributed by atoms with Crippen molar-refractivity contribution in [2.24, 2.45) is 11.8 Å². The highest BCUT2D eigenvalue weighted by Crippen LogP contribution is 2.61. The van der Waals surface area contributed by atoms with Gasteiger partial charge in [0.25, 0.3) is 0 Å². The zero-order valence-corrected chi connectivity index (χ0v) is 11.6. The van der Waals surface area contributed by atoms with Crippen molar-refractivity contribution in [1.82, 2.24) is 4.98 Å². The van der Waals surface area contributed by atoms with Crippen LogP contribution in [0.1, 0.15) is 67.6 Å². The van der Waals surface area contributed by atoms with Gasteiger partial charge in [-0.1, -0.05) is 19.8 Å². The number of carbonyl (C=O) groups is 1. The summed E-state index contributed by atoms with van der Waals surface area (Å²) in [4.78, 5) is 16.4. The molecule has 0 N–H and O–H groups in total. The molecule has 2 atom stereocenters. The Hall–Kier alpha value is -1.32. The molecular formula is C15H21NO3. The highest BCUT2D eigenvalue weighted by atomic mass is 16.5. The molecule has 0 bridgehead atoms. The lowest BCUT2D eigenvalue weighted by molar-refractivity contribution is 0.0486. The van der Waals surface area contributed by atoms with Gasteiger partial charge in [-0.25, -0.2) is 9.78 Å². The van der Waals surface area contributed by atoms with E-state index >= 15 is 0 Å². The van der Waals surface area contributed by atoms with Gasteiger partial charge in [-0.2, -0.15) is 0 Å². The second-order valence-electron chi connectivity index (χ2n) is 5.54. The molecule has 104 valence electrons. The summed E-state index contributed by atoms with van der Waals surface area (Å²) in [5, 5.41) is 0. The van der Waals surface area contributed by atoms with E-state index < -0.39 is 0 Å². The number of esters is 1. The summed E-state index contributed by atoms with van der Waals surface area (Å²) in [5.74, 6) is 2.66. The number of aryl methyl sites for hydroxylation is 1. The topological polar surface area (TPSA) is 52.3 Å². The monoisotopic (exact) mass is 263 g/mol. The summed E-state index contributed by atoms with van der Waals surface area (Å²) in [5.41, 5.74) is 0.747. The first-order valence-corrected chi connectivity index (χ1v) is 7.43. The summed E-state index contributed by atoms with van der Waals surface area (Å²) < 4.78 is 10.8. The van der Waals surface area contributed by atoms with Crippen molar-refractivity contribution in [1.29, 1.82) is 0 Å². The molecule has 1 heterocycles. The minimum absolute atomic E-state index is 0.322. The van der Waals surface area contributed by atoms with Crippen molar-refractivity contribution >= 4 is 5.97 Å². The molecule has 3 rings (SSSR count). The number of ether oxygens (including phenoxy) is 1. The maximum absolute atomic E-state index is 11.8. The van der Waals surface area contributed by atoms with Gasteiger partial charge in [0.1, 0.15) is 0 Å². The van der Waals surface area contributed by atoms with Crippen molar-refractivity contribution in [3.8, 4) is 0 Å². The zero-order valence-electron chi connectivity index (χ0n) is 11.6. The van der Waals surface area contributed by atoms with E-state index in [-0.39, 0.29) is 5.97 Å². The summed E-state index contributed by atoms with van der Waals surface area (Å²) in [7, 11) is 0.